The summed E-state index contributed by atoms with van der Waals surface area (Å²) in [6.45, 7) is 2.01. The third-order valence-electron chi connectivity index (χ3n) is 4.20. The second-order valence-electron chi connectivity index (χ2n) is 5.85. The molecule has 7 heteroatoms. The van der Waals surface area contributed by atoms with Crippen LogP contribution in [-0.4, -0.2) is 27.8 Å². The Morgan fingerprint density at radius 1 is 1.42 bits per heavy atom. The topological polar surface area (TPSA) is 86.1 Å². The van der Waals surface area contributed by atoms with Crippen molar-refractivity contribution in [3.8, 4) is 5.88 Å². The van der Waals surface area contributed by atoms with E-state index in [1.807, 2.05) is 0 Å². The SMILES string of the molecule is COc1cc(CNC(=O)[C@H](C)n2nc3c(cc2=O)CCC3)ccn1. The molecule has 7 nitrogen and oxygen atoms in total. The first-order chi connectivity index (χ1) is 11.6. The van der Waals surface area contributed by atoms with Crippen LogP contribution in [0.1, 0.15) is 36.2 Å². The van der Waals surface area contributed by atoms with E-state index < -0.39 is 6.04 Å². The van der Waals surface area contributed by atoms with Gasteiger partial charge in [-0.2, -0.15) is 5.10 Å². The quantitative estimate of drug-likeness (QED) is 0.885. The normalized spacial score (nSPS) is 14.1. The number of nitrogens with one attached hydrogen (secondary N) is 1. The lowest BCUT2D eigenvalue weighted by atomic mass is 10.2. The number of carbonyl (C=O) groups is 1. The van der Waals surface area contributed by atoms with E-state index >= 15 is 0 Å². The van der Waals surface area contributed by atoms with Gasteiger partial charge in [0.25, 0.3) is 5.56 Å². The molecule has 126 valence electrons. The van der Waals surface area contributed by atoms with Crippen molar-refractivity contribution in [3.05, 3.63) is 51.6 Å². The van der Waals surface area contributed by atoms with E-state index in [9.17, 15) is 9.59 Å². The molecule has 0 fully saturated rings. The zero-order valence-electron chi connectivity index (χ0n) is 13.8. The maximum Gasteiger partial charge on any atom is 0.267 e. The minimum Gasteiger partial charge on any atom is -0.481 e. The number of methoxy groups -OCH3 is 1. The summed E-state index contributed by atoms with van der Waals surface area (Å²) in [5, 5.41) is 7.19. The molecule has 2 heterocycles. The van der Waals surface area contributed by atoms with Crippen molar-refractivity contribution in [2.75, 3.05) is 7.11 Å². The van der Waals surface area contributed by atoms with Crippen LogP contribution in [-0.2, 0) is 24.2 Å². The summed E-state index contributed by atoms with van der Waals surface area (Å²) in [5.74, 6) is 0.240. The fourth-order valence-corrected chi connectivity index (χ4v) is 2.81. The molecule has 0 radical (unpaired) electrons. The Morgan fingerprint density at radius 2 is 2.25 bits per heavy atom. The molecule has 0 aromatic carbocycles. The number of rotatable bonds is 5. The molecule has 1 atom stereocenters. The van der Waals surface area contributed by atoms with Gasteiger partial charge in [0, 0.05) is 24.9 Å². The zero-order valence-corrected chi connectivity index (χ0v) is 13.8. The molecule has 0 unspecified atom stereocenters. The number of aryl methyl sites for hydroxylation is 2. The molecule has 1 N–H and O–H groups in total. The average molecular weight is 328 g/mol. The van der Waals surface area contributed by atoms with Crippen LogP contribution in [0.4, 0.5) is 0 Å². The maximum atomic E-state index is 12.4. The molecular weight excluding hydrogens is 308 g/mol. The van der Waals surface area contributed by atoms with Gasteiger partial charge in [0.1, 0.15) is 6.04 Å². The summed E-state index contributed by atoms with van der Waals surface area (Å²) in [6.07, 6.45) is 4.39. The molecule has 2 aromatic rings. The first-order valence-electron chi connectivity index (χ1n) is 7.96. The first-order valence-corrected chi connectivity index (χ1v) is 7.96. The second kappa shape index (κ2) is 6.82. The van der Waals surface area contributed by atoms with Gasteiger partial charge in [0.05, 0.1) is 12.8 Å². The Morgan fingerprint density at radius 3 is 3.04 bits per heavy atom. The van der Waals surface area contributed by atoms with Crippen molar-refractivity contribution < 1.29 is 9.53 Å². The summed E-state index contributed by atoms with van der Waals surface area (Å²) in [5.41, 5.74) is 2.57. The number of pyridine rings is 1. The Hall–Kier alpha value is -2.70. The Balaban J connectivity index is 1.70. The highest BCUT2D eigenvalue weighted by molar-refractivity contribution is 5.79. The molecule has 1 aliphatic rings. The Labute approximate surface area is 139 Å². The van der Waals surface area contributed by atoms with E-state index in [2.05, 4.69) is 15.4 Å². The molecular formula is C17H20N4O3. The molecule has 0 aliphatic heterocycles. The zero-order chi connectivity index (χ0) is 17.1. The van der Waals surface area contributed by atoms with Gasteiger partial charge in [-0.05, 0) is 43.4 Å². The molecule has 0 saturated heterocycles. The largest absolute Gasteiger partial charge is 0.481 e. The number of amides is 1. The maximum absolute atomic E-state index is 12.4. The van der Waals surface area contributed by atoms with Crippen molar-refractivity contribution in [1.82, 2.24) is 20.1 Å². The van der Waals surface area contributed by atoms with Crippen LogP contribution >= 0.6 is 0 Å². The molecule has 0 bridgehead atoms. The van der Waals surface area contributed by atoms with Crippen LogP contribution in [0.15, 0.2) is 29.2 Å². The first kappa shape index (κ1) is 16.2. The van der Waals surface area contributed by atoms with Crippen LogP contribution in [0.25, 0.3) is 0 Å². The highest BCUT2D eigenvalue weighted by atomic mass is 16.5. The van der Waals surface area contributed by atoms with Crippen molar-refractivity contribution in [1.29, 1.82) is 0 Å². The summed E-state index contributed by atoms with van der Waals surface area (Å²) >= 11 is 0. The molecule has 24 heavy (non-hydrogen) atoms. The van der Waals surface area contributed by atoms with Gasteiger partial charge in [-0.3, -0.25) is 9.59 Å². The molecule has 0 saturated carbocycles. The average Bonchev–Trinajstić information content (AvgIpc) is 3.05. The lowest BCUT2D eigenvalue weighted by Crippen LogP contribution is -2.37. The van der Waals surface area contributed by atoms with Crippen molar-refractivity contribution in [2.45, 2.75) is 38.8 Å². The number of hydrogen-bond donors (Lipinski definition) is 1. The number of nitrogens with zero attached hydrogens (tertiary/aromatic N) is 3. The monoisotopic (exact) mass is 328 g/mol. The van der Waals surface area contributed by atoms with Gasteiger partial charge in [0.15, 0.2) is 0 Å². The highest BCUT2D eigenvalue weighted by Crippen LogP contribution is 2.18. The molecule has 1 amide bonds. The van der Waals surface area contributed by atoms with Crippen LogP contribution in [0.3, 0.4) is 0 Å². The molecule has 2 aromatic heterocycles. The third kappa shape index (κ3) is 3.29. The van der Waals surface area contributed by atoms with E-state index in [1.165, 1.54) is 4.68 Å². The van der Waals surface area contributed by atoms with Crippen molar-refractivity contribution >= 4 is 5.91 Å². The van der Waals surface area contributed by atoms with Crippen LogP contribution in [0.5, 0.6) is 5.88 Å². The van der Waals surface area contributed by atoms with Crippen molar-refractivity contribution in [2.24, 2.45) is 0 Å². The van der Waals surface area contributed by atoms with E-state index in [0.717, 1.165) is 36.1 Å². The van der Waals surface area contributed by atoms with E-state index in [0.29, 0.717) is 12.4 Å². The number of ether oxygens (including phenoxy) is 1. The summed E-state index contributed by atoms with van der Waals surface area (Å²) in [4.78, 5) is 28.6. The number of aromatic nitrogens is 3. The van der Waals surface area contributed by atoms with Crippen LogP contribution < -0.4 is 15.6 Å². The van der Waals surface area contributed by atoms with Crippen LogP contribution in [0, 0.1) is 0 Å². The molecule has 1 aliphatic carbocycles. The fraction of sp³-hybridized carbons (Fsp3) is 0.412. The van der Waals surface area contributed by atoms with E-state index in [4.69, 9.17) is 4.74 Å². The number of fused-ring (bicyclic) bond motifs is 1. The summed E-state index contributed by atoms with van der Waals surface area (Å²) in [6, 6.07) is 4.50. The lowest BCUT2D eigenvalue weighted by molar-refractivity contribution is -0.124. The standard InChI is InChI=1S/C17H20N4O3/c1-11(21-16(22)9-13-4-3-5-14(13)20-21)17(23)19-10-12-6-7-18-15(8-12)24-2/h6-9,11H,3-5,10H2,1-2H3,(H,19,23)/t11-/m0/s1. The van der Waals surface area contributed by atoms with Gasteiger partial charge in [-0.1, -0.05) is 0 Å². The Bertz CT molecular complexity index is 816. The number of carbonyl (C=O) groups excluding carboxylic acids is 1. The number of hydrogen-bond acceptors (Lipinski definition) is 5. The van der Waals surface area contributed by atoms with Gasteiger partial charge < -0.3 is 10.1 Å². The summed E-state index contributed by atoms with van der Waals surface area (Å²) < 4.78 is 6.33. The van der Waals surface area contributed by atoms with Gasteiger partial charge in [0.2, 0.25) is 11.8 Å². The summed E-state index contributed by atoms with van der Waals surface area (Å²) in [7, 11) is 1.54. The fourth-order valence-electron chi connectivity index (χ4n) is 2.81. The minimum absolute atomic E-state index is 0.233. The predicted octanol–water partition coefficient (Wildman–Crippen LogP) is 1.01. The van der Waals surface area contributed by atoms with Crippen LogP contribution in [0.2, 0.25) is 0 Å². The minimum atomic E-state index is -0.660. The highest BCUT2D eigenvalue weighted by Gasteiger charge is 2.21. The predicted molar refractivity (Wildman–Crippen MR) is 87.9 cm³/mol. The molecule has 0 spiro atoms. The van der Waals surface area contributed by atoms with Gasteiger partial charge in [-0.25, -0.2) is 9.67 Å². The van der Waals surface area contributed by atoms with Crippen molar-refractivity contribution in [3.63, 3.8) is 0 Å². The van der Waals surface area contributed by atoms with E-state index in [1.54, 1.807) is 38.4 Å². The molecule has 3 rings (SSSR count). The van der Waals surface area contributed by atoms with E-state index in [-0.39, 0.29) is 11.5 Å². The lowest BCUT2D eigenvalue weighted by Gasteiger charge is -2.15. The van der Waals surface area contributed by atoms with Gasteiger partial charge >= 0.3 is 0 Å². The second-order valence-corrected chi connectivity index (χ2v) is 5.85. The van der Waals surface area contributed by atoms with Gasteiger partial charge in [-0.15, -0.1) is 0 Å². The third-order valence-corrected chi connectivity index (χ3v) is 4.20. The Kier molecular flexibility index (Phi) is 4.59. The smallest absolute Gasteiger partial charge is 0.267 e.